The Morgan fingerprint density at radius 2 is 1.66 bits per heavy atom. The summed E-state index contributed by atoms with van der Waals surface area (Å²) >= 11 is 0. The molecule has 2 N–H and O–H groups in total. The second-order valence-electron chi connectivity index (χ2n) is 7.68. The smallest absolute Gasteiger partial charge is 0.257 e. The lowest BCUT2D eigenvalue weighted by atomic mass is 9.89. The van der Waals surface area contributed by atoms with E-state index >= 15 is 0 Å². The number of likely N-dealkylation sites (tertiary alicyclic amines) is 1. The molecule has 1 aromatic heterocycles. The zero-order valence-electron chi connectivity index (χ0n) is 16.0. The van der Waals surface area contributed by atoms with Crippen molar-refractivity contribution >= 4 is 17.5 Å². The number of hydrogen-bond acceptors (Lipinski definition) is 5. The maximum Gasteiger partial charge on any atom is 0.257 e. The van der Waals surface area contributed by atoms with Crippen molar-refractivity contribution in [3.63, 3.8) is 0 Å². The maximum absolute atomic E-state index is 13.3. The lowest BCUT2D eigenvalue weighted by Gasteiger charge is -2.28. The lowest BCUT2D eigenvalue weighted by molar-refractivity contribution is 0.0713. The summed E-state index contributed by atoms with van der Waals surface area (Å²) in [7, 11) is 0. The fraction of sp³-hybridized carbons (Fsp3) is 0.261. The number of fused-ring (bicyclic) bond motifs is 1. The highest BCUT2D eigenvalue weighted by atomic mass is 16.2. The van der Waals surface area contributed by atoms with Crippen LogP contribution < -0.4 is 10.6 Å². The van der Waals surface area contributed by atoms with Gasteiger partial charge in [-0.15, -0.1) is 0 Å². The molecule has 1 amide bonds. The first-order valence-corrected chi connectivity index (χ1v) is 10.0. The third-order valence-corrected chi connectivity index (χ3v) is 5.90. The molecule has 0 aliphatic carbocycles. The van der Waals surface area contributed by atoms with Gasteiger partial charge in [-0.2, -0.15) is 0 Å². The summed E-state index contributed by atoms with van der Waals surface area (Å²) in [6, 6.07) is 20.2. The fourth-order valence-electron chi connectivity index (χ4n) is 4.53. The largest absolute Gasteiger partial charge is 0.331 e. The van der Waals surface area contributed by atoms with Crippen LogP contribution in [0.2, 0.25) is 0 Å². The molecule has 3 heterocycles. The number of carbonyl (C=O) groups excluding carboxylic acids is 1. The summed E-state index contributed by atoms with van der Waals surface area (Å²) in [5, 5.41) is 6.63. The Morgan fingerprint density at radius 1 is 0.966 bits per heavy atom. The highest BCUT2D eigenvalue weighted by Gasteiger charge is 2.46. The second kappa shape index (κ2) is 7.64. The number of para-hydroxylation sites is 1. The average Bonchev–Trinajstić information content (AvgIpc) is 3.36. The highest BCUT2D eigenvalue weighted by Crippen LogP contribution is 2.43. The van der Waals surface area contributed by atoms with Gasteiger partial charge in [-0.1, -0.05) is 48.5 Å². The number of anilines is 2. The first kappa shape index (κ1) is 17.8. The molecule has 29 heavy (non-hydrogen) atoms. The number of benzene rings is 2. The molecular formula is C23H23N5O. The number of aromatic nitrogens is 2. The average molecular weight is 385 g/mol. The van der Waals surface area contributed by atoms with E-state index in [1.165, 1.54) is 5.56 Å². The zero-order valence-corrected chi connectivity index (χ0v) is 16.0. The van der Waals surface area contributed by atoms with Crippen LogP contribution in [0, 0.1) is 11.8 Å². The first-order chi connectivity index (χ1) is 14.3. The standard InChI is InChI=1S/C23H23N5O/c29-22(17-12-25-23(26-13-17)27-19-9-5-2-6-10-19)28-15-18-11-24-14-20(18)21(28)16-7-3-1-4-8-16/h1-10,12-13,18,20-21,24H,11,14-15H2,(H,25,26,27)/t18-,20-,21-/m0/s1. The van der Waals surface area contributed by atoms with Gasteiger partial charge in [0.05, 0.1) is 11.6 Å². The Hall–Kier alpha value is -3.25. The normalized spacial score (nSPS) is 23.0. The second-order valence-corrected chi connectivity index (χ2v) is 7.68. The topological polar surface area (TPSA) is 70.2 Å². The molecule has 0 spiro atoms. The van der Waals surface area contributed by atoms with E-state index in [1.54, 1.807) is 12.4 Å². The Kier molecular flexibility index (Phi) is 4.69. The van der Waals surface area contributed by atoms with E-state index in [9.17, 15) is 4.79 Å². The molecule has 0 saturated carbocycles. The van der Waals surface area contributed by atoms with Crippen LogP contribution in [0.5, 0.6) is 0 Å². The quantitative estimate of drug-likeness (QED) is 0.721. The van der Waals surface area contributed by atoms with E-state index in [0.29, 0.717) is 23.3 Å². The number of nitrogens with one attached hydrogen (secondary N) is 2. The van der Waals surface area contributed by atoms with Crippen LogP contribution in [0.3, 0.4) is 0 Å². The molecule has 3 atom stereocenters. The number of amides is 1. The molecule has 0 unspecified atom stereocenters. The minimum atomic E-state index is -0.000450. The molecule has 2 fully saturated rings. The van der Waals surface area contributed by atoms with Gasteiger partial charge in [0.1, 0.15) is 0 Å². The lowest BCUT2D eigenvalue weighted by Crippen LogP contribution is -2.34. The predicted molar refractivity (Wildman–Crippen MR) is 112 cm³/mol. The summed E-state index contributed by atoms with van der Waals surface area (Å²) in [5.41, 5.74) is 2.63. The maximum atomic E-state index is 13.3. The Labute approximate surface area is 170 Å². The minimum absolute atomic E-state index is 0.000450. The highest BCUT2D eigenvalue weighted by molar-refractivity contribution is 5.94. The third kappa shape index (κ3) is 3.47. The molecule has 5 rings (SSSR count). The Morgan fingerprint density at radius 3 is 2.38 bits per heavy atom. The summed E-state index contributed by atoms with van der Waals surface area (Å²) in [6.07, 6.45) is 3.24. The van der Waals surface area contributed by atoms with Gasteiger partial charge in [-0.3, -0.25) is 4.79 Å². The molecule has 2 aliphatic heterocycles. The molecule has 0 radical (unpaired) electrons. The van der Waals surface area contributed by atoms with Crippen LogP contribution in [0.4, 0.5) is 11.6 Å². The van der Waals surface area contributed by atoms with E-state index in [4.69, 9.17) is 0 Å². The van der Waals surface area contributed by atoms with Crippen LogP contribution in [0.15, 0.2) is 73.1 Å². The number of rotatable bonds is 4. The van der Waals surface area contributed by atoms with Crippen LogP contribution in [0.25, 0.3) is 0 Å². The van der Waals surface area contributed by atoms with Crippen molar-refractivity contribution in [2.24, 2.45) is 11.8 Å². The van der Waals surface area contributed by atoms with Crippen molar-refractivity contribution in [3.8, 4) is 0 Å². The zero-order chi connectivity index (χ0) is 19.6. The molecule has 2 aliphatic rings. The fourth-order valence-corrected chi connectivity index (χ4v) is 4.53. The van der Waals surface area contributed by atoms with E-state index in [-0.39, 0.29) is 11.9 Å². The van der Waals surface area contributed by atoms with Crippen molar-refractivity contribution in [3.05, 3.63) is 84.2 Å². The summed E-state index contributed by atoms with van der Waals surface area (Å²) in [4.78, 5) is 24.1. The third-order valence-electron chi connectivity index (χ3n) is 5.90. The van der Waals surface area contributed by atoms with Crippen LogP contribution in [0.1, 0.15) is 22.0 Å². The van der Waals surface area contributed by atoms with Gasteiger partial charge in [-0.25, -0.2) is 9.97 Å². The Balaban J connectivity index is 1.37. The Bertz CT molecular complexity index is 977. The van der Waals surface area contributed by atoms with Gasteiger partial charge < -0.3 is 15.5 Å². The van der Waals surface area contributed by atoms with Crippen molar-refractivity contribution in [2.75, 3.05) is 25.0 Å². The molecule has 2 saturated heterocycles. The number of nitrogens with zero attached hydrogens (tertiary/aromatic N) is 3. The van der Waals surface area contributed by atoms with Crippen molar-refractivity contribution in [1.29, 1.82) is 0 Å². The summed E-state index contributed by atoms with van der Waals surface area (Å²) in [5.74, 6) is 1.42. The van der Waals surface area contributed by atoms with Crippen molar-refractivity contribution in [1.82, 2.24) is 20.2 Å². The van der Waals surface area contributed by atoms with E-state index in [1.807, 2.05) is 53.4 Å². The van der Waals surface area contributed by atoms with Crippen molar-refractivity contribution in [2.45, 2.75) is 6.04 Å². The predicted octanol–water partition coefficient (Wildman–Crippen LogP) is 3.25. The number of hydrogen-bond donors (Lipinski definition) is 2. The van der Waals surface area contributed by atoms with Gasteiger partial charge in [0, 0.05) is 43.6 Å². The van der Waals surface area contributed by atoms with Crippen LogP contribution in [-0.2, 0) is 0 Å². The monoisotopic (exact) mass is 385 g/mol. The minimum Gasteiger partial charge on any atom is -0.331 e. The molecule has 3 aromatic rings. The van der Waals surface area contributed by atoms with Gasteiger partial charge in [0.15, 0.2) is 0 Å². The van der Waals surface area contributed by atoms with E-state index < -0.39 is 0 Å². The van der Waals surface area contributed by atoms with Gasteiger partial charge >= 0.3 is 0 Å². The van der Waals surface area contributed by atoms with E-state index in [0.717, 1.165) is 25.3 Å². The van der Waals surface area contributed by atoms with Crippen molar-refractivity contribution < 1.29 is 4.79 Å². The first-order valence-electron chi connectivity index (χ1n) is 10.0. The molecule has 6 heteroatoms. The molecule has 6 nitrogen and oxygen atoms in total. The molecule has 0 bridgehead atoms. The summed E-state index contributed by atoms with van der Waals surface area (Å²) < 4.78 is 0. The van der Waals surface area contributed by atoms with Crippen LogP contribution >= 0.6 is 0 Å². The van der Waals surface area contributed by atoms with Gasteiger partial charge in [-0.05, 0) is 23.6 Å². The molecular weight excluding hydrogens is 362 g/mol. The SMILES string of the molecule is O=C(c1cnc(Nc2ccccc2)nc1)N1C[C@@H]2CNC[C@@H]2[C@@H]1c1ccccc1. The van der Waals surface area contributed by atoms with Gasteiger partial charge in [0.2, 0.25) is 5.95 Å². The molecule has 146 valence electrons. The van der Waals surface area contributed by atoms with Crippen LogP contribution in [-0.4, -0.2) is 40.4 Å². The molecule has 2 aromatic carbocycles. The van der Waals surface area contributed by atoms with Gasteiger partial charge in [0.25, 0.3) is 5.91 Å². The number of carbonyl (C=O) groups is 1. The summed E-state index contributed by atoms with van der Waals surface area (Å²) in [6.45, 7) is 2.68. The van der Waals surface area contributed by atoms with E-state index in [2.05, 4.69) is 32.7 Å².